The Hall–Kier alpha value is -1.92. The van der Waals surface area contributed by atoms with Gasteiger partial charge in [-0.15, -0.1) is 0 Å². The quantitative estimate of drug-likeness (QED) is 0.478. The standard InChI is InChI=1S/C16H28N4O3/c1-10(2)8-12(9-18-20-11(3)21)19-16(23)14-7-5-4-6-13(14)15(17)22/h9-10,12-14H,4-8H2,1-3H3,(H2,17,22)(H,19,23)(H,20,21)/t12?,13-,14+/m0/s1. The first-order valence-corrected chi connectivity index (χ1v) is 8.20. The zero-order valence-corrected chi connectivity index (χ0v) is 14.2. The molecule has 0 radical (unpaired) electrons. The Balaban J connectivity index is 2.72. The van der Waals surface area contributed by atoms with Crippen LogP contribution in [0.5, 0.6) is 0 Å². The van der Waals surface area contributed by atoms with E-state index in [1.807, 2.05) is 13.8 Å². The van der Waals surface area contributed by atoms with Crippen molar-refractivity contribution in [3.8, 4) is 0 Å². The van der Waals surface area contributed by atoms with Crippen LogP contribution in [0.15, 0.2) is 5.10 Å². The lowest BCUT2D eigenvalue weighted by atomic mass is 9.78. The molecular formula is C16H28N4O3. The Morgan fingerprint density at radius 3 is 2.35 bits per heavy atom. The molecule has 0 spiro atoms. The summed E-state index contributed by atoms with van der Waals surface area (Å²) in [5.74, 6) is -1.24. The number of nitrogens with two attached hydrogens (primary N) is 1. The van der Waals surface area contributed by atoms with Gasteiger partial charge in [0.05, 0.1) is 6.04 Å². The summed E-state index contributed by atoms with van der Waals surface area (Å²) in [7, 11) is 0. The van der Waals surface area contributed by atoms with Crippen LogP contribution in [-0.2, 0) is 14.4 Å². The molecule has 23 heavy (non-hydrogen) atoms. The van der Waals surface area contributed by atoms with Crippen molar-refractivity contribution in [3.05, 3.63) is 0 Å². The van der Waals surface area contributed by atoms with Crippen molar-refractivity contribution in [1.82, 2.24) is 10.7 Å². The van der Waals surface area contributed by atoms with Gasteiger partial charge in [-0.1, -0.05) is 26.7 Å². The van der Waals surface area contributed by atoms with Crippen molar-refractivity contribution < 1.29 is 14.4 Å². The van der Waals surface area contributed by atoms with Gasteiger partial charge in [0.25, 0.3) is 0 Å². The molecular weight excluding hydrogens is 296 g/mol. The summed E-state index contributed by atoms with van der Waals surface area (Å²) in [4.78, 5) is 35.0. The van der Waals surface area contributed by atoms with Crippen molar-refractivity contribution in [3.63, 3.8) is 0 Å². The molecule has 0 saturated heterocycles. The van der Waals surface area contributed by atoms with Gasteiger partial charge in [-0.2, -0.15) is 5.10 Å². The van der Waals surface area contributed by atoms with Gasteiger partial charge in [0.1, 0.15) is 0 Å². The molecule has 0 aromatic heterocycles. The van der Waals surface area contributed by atoms with E-state index in [1.165, 1.54) is 13.1 Å². The van der Waals surface area contributed by atoms with E-state index in [-0.39, 0.29) is 23.8 Å². The number of carbonyl (C=O) groups is 3. The van der Waals surface area contributed by atoms with Crippen molar-refractivity contribution in [2.75, 3.05) is 0 Å². The van der Waals surface area contributed by atoms with E-state index >= 15 is 0 Å². The molecule has 7 nitrogen and oxygen atoms in total. The van der Waals surface area contributed by atoms with E-state index in [2.05, 4.69) is 15.8 Å². The van der Waals surface area contributed by atoms with Gasteiger partial charge >= 0.3 is 0 Å². The maximum atomic E-state index is 12.5. The maximum absolute atomic E-state index is 12.5. The van der Waals surface area contributed by atoms with E-state index in [4.69, 9.17) is 5.73 Å². The topological polar surface area (TPSA) is 114 Å². The molecule has 4 N–H and O–H groups in total. The fraction of sp³-hybridized carbons (Fsp3) is 0.750. The number of amides is 3. The van der Waals surface area contributed by atoms with Crippen molar-refractivity contribution >= 4 is 23.9 Å². The monoisotopic (exact) mass is 324 g/mol. The minimum atomic E-state index is -0.405. The molecule has 0 bridgehead atoms. The summed E-state index contributed by atoms with van der Waals surface area (Å²) in [6, 6.07) is -0.287. The SMILES string of the molecule is CC(=O)NN=CC(CC(C)C)NC(=O)[C@@H]1CCCC[C@@H]1C(N)=O. The first kappa shape index (κ1) is 19.1. The largest absolute Gasteiger partial charge is 0.369 e. The van der Waals surface area contributed by atoms with Gasteiger partial charge in [-0.25, -0.2) is 5.43 Å². The zero-order valence-electron chi connectivity index (χ0n) is 14.2. The number of carbonyl (C=O) groups excluding carboxylic acids is 3. The Morgan fingerprint density at radius 2 is 1.83 bits per heavy atom. The maximum Gasteiger partial charge on any atom is 0.236 e. The molecule has 3 amide bonds. The second kappa shape index (κ2) is 9.27. The van der Waals surface area contributed by atoms with E-state index < -0.39 is 11.8 Å². The molecule has 0 aliphatic heterocycles. The Labute approximate surface area is 137 Å². The fourth-order valence-electron chi connectivity index (χ4n) is 2.96. The molecule has 0 aromatic rings. The lowest BCUT2D eigenvalue weighted by Gasteiger charge is -2.29. The predicted octanol–water partition coefficient (Wildman–Crippen LogP) is 0.931. The summed E-state index contributed by atoms with van der Waals surface area (Å²) in [6.07, 6.45) is 5.43. The zero-order chi connectivity index (χ0) is 17.4. The number of hydrogen-bond donors (Lipinski definition) is 3. The summed E-state index contributed by atoms with van der Waals surface area (Å²) in [5.41, 5.74) is 7.76. The number of nitrogens with one attached hydrogen (secondary N) is 2. The minimum absolute atomic E-state index is 0.159. The molecule has 1 aliphatic rings. The molecule has 1 rings (SSSR count). The van der Waals surface area contributed by atoms with Gasteiger partial charge in [-0.05, 0) is 25.2 Å². The van der Waals surface area contributed by atoms with Gasteiger partial charge < -0.3 is 11.1 Å². The van der Waals surface area contributed by atoms with Gasteiger partial charge in [0, 0.05) is 25.0 Å². The molecule has 1 aliphatic carbocycles. The molecule has 1 unspecified atom stereocenters. The third kappa shape index (κ3) is 6.80. The summed E-state index contributed by atoms with van der Waals surface area (Å²) < 4.78 is 0. The number of hydrogen-bond acceptors (Lipinski definition) is 4. The molecule has 1 fully saturated rings. The second-order valence-electron chi connectivity index (χ2n) is 6.59. The van der Waals surface area contributed by atoms with Gasteiger partial charge in [0.2, 0.25) is 17.7 Å². The van der Waals surface area contributed by atoms with E-state index in [1.54, 1.807) is 0 Å². The van der Waals surface area contributed by atoms with Crippen LogP contribution >= 0.6 is 0 Å². The molecule has 7 heteroatoms. The second-order valence-corrected chi connectivity index (χ2v) is 6.59. The highest BCUT2D eigenvalue weighted by Gasteiger charge is 2.35. The first-order valence-electron chi connectivity index (χ1n) is 8.20. The molecule has 0 aromatic carbocycles. The third-order valence-corrected chi connectivity index (χ3v) is 4.00. The summed E-state index contributed by atoms with van der Waals surface area (Å²) >= 11 is 0. The van der Waals surface area contributed by atoms with Crippen LogP contribution in [-0.4, -0.2) is 30.0 Å². The van der Waals surface area contributed by atoms with Crippen LogP contribution in [0.3, 0.4) is 0 Å². The Bertz CT molecular complexity index is 462. The van der Waals surface area contributed by atoms with Crippen molar-refractivity contribution in [2.24, 2.45) is 28.6 Å². The highest BCUT2D eigenvalue weighted by Crippen LogP contribution is 2.30. The minimum Gasteiger partial charge on any atom is -0.369 e. The highest BCUT2D eigenvalue weighted by atomic mass is 16.2. The molecule has 130 valence electrons. The fourth-order valence-corrected chi connectivity index (χ4v) is 2.96. The van der Waals surface area contributed by atoms with E-state index in [0.29, 0.717) is 25.2 Å². The average Bonchev–Trinajstić information content (AvgIpc) is 2.45. The molecule has 3 atom stereocenters. The Morgan fingerprint density at radius 1 is 1.22 bits per heavy atom. The number of nitrogens with zero attached hydrogens (tertiary/aromatic N) is 1. The van der Waals surface area contributed by atoms with Crippen LogP contribution in [0, 0.1) is 17.8 Å². The molecule has 1 saturated carbocycles. The van der Waals surface area contributed by atoms with Crippen LogP contribution in [0.25, 0.3) is 0 Å². The number of primary amides is 1. The predicted molar refractivity (Wildman–Crippen MR) is 88.3 cm³/mol. The third-order valence-electron chi connectivity index (χ3n) is 4.00. The Kier molecular flexibility index (Phi) is 7.71. The lowest BCUT2D eigenvalue weighted by Crippen LogP contribution is -2.46. The average molecular weight is 324 g/mol. The van der Waals surface area contributed by atoms with Crippen molar-refractivity contribution in [2.45, 2.75) is 58.9 Å². The van der Waals surface area contributed by atoms with Crippen LogP contribution in [0.2, 0.25) is 0 Å². The smallest absolute Gasteiger partial charge is 0.236 e. The number of hydrazone groups is 1. The van der Waals surface area contributed by atoms with Crippen molar-refractivity contribution in [1.29, 1.82) is 0 Å². The van der Waals surface area contributed by atoms with Gasteiger partial charge in [-0.3, -0.25) is 14.4 Å². The lowest BCUT2D eigenvalue weighted by molar-refractivity contribution is -0.135. The van der Waals surface area contributed by atoms with Crippen LogP contribution in [0.1, 0.15) is 52.9 Å². The van der Waals surface area contributed by atoms with Crippen LogP contribution in [0.4, 0.5) is 0 Å². The van der Waals surface area contributed by atoms with E-state index in [0.717, 1.165) is 12.8 Å². The summed E-state index contributed by atoms with van der Waals surface area (Å²) in [5, 5.41) is 6.78. The van der Waals surface area contributed by atoms with Crippen LogP contribution < -0.4 is 16.5 Å². The highest BCUT2D eigenvalue weighted by molar-refractivity contribution is 5.88. The van der Waals surface area contributed by atoms with E-state index in [9.17, 15) is 14.4 Å². The first-order chi connectivity index (χ1) is 10.8. The molecule has 0 heterocycles. The normalized spacial score (nSPS) is 22.8. The summed E-state index contributed by atoms with van der Waals surface area (Å²) in [6.45, 7) is 5.45. The number of rotatable bonds is 7. The van der Waals surface area contributed by atoms with Gasteiger partial charge in [0.15, 0.2) is 0 Å².